The molecule has 3 rings (SSSR count). The molecule has 6 nitrogen and oxygen atoms in total. The van der Waals surface area contributed by atoms with Gasteiger partial charge in [-0.2, -0.15) is 0 Å². The van der Waals surface area contributed by atoms with Crippen molar-refractivity contribution >= 4 is 17.5 Å². The number of ether oxygens (including phenoxy) is 1. The van der Waals surface area contributed by atoms with Gasteiger partial charge < -0.3 is 15.0 Å². The van der Waals surface area contributed by atoms with Crippen LogP contribution in [-0.2, 0) is 9.59 Å². The predicted molar refractivity (Wildman–Crippen MR) is 120 cm³/mol. The van der Waals surface area contributed by atoms with Crippen LogP contribution in [0.15, 0.2) is 24.3 Å². The Balaban J connectivity index is 1.42. The van der Waals surface area contributed by atoms with E-state index in [1.807, 2.05) is 24.3 Å². The summed E-state index contributed by atoms with van der Waals surface area (Å²) in [5, 5.41) is 3.03. The van der Waals surface area contributed by atoms with Crippen molar-refractivity contribution in [3.63, 3.8) is 0 Å². The molecule has 0 aromatic heterocycles. The zero-order valence-corrected chi connectivity index (χ0v) is 18.6. The Morgan fingerprint density at radius 1 is 1.20 bits per heavy atom. The smallest absolute Gasteiger partial charge is 0.227 e. The van der Waals surface area contributed by atoms with Crippen molar-refractivity contribution in [2.45, 2.75) is 77.3 Å². The zero-order chi connectivity index (χ0) is 21.3. The average molecular weight is 416 g/mol. The lowest BCUT2D eigenvalue weighted by molar-refractivity contribution is -0.125. The maximum absolute atomic E-state index is 12.7. The van der Waals surface area contributed by atoms with Crippen LogP contribution in [0.1, 0.15) is 65.2 Å². The Morgan fingerprint density at radius 2 is 1.97 bits per heavy atom. The van der Waals surface area contributed by atoms with Crippen molar-refractivity contribution < 1.29 is 14.3 Å². The minimum Gasteiger partial charge on any atom is -0.490 e. The highest BCUT2D eigenvalue weighted by molar-refractivity contribution is 5.97. The maximum Gasteiger partial charge on any atom is 0.227 e. The molecule has 6 heteroatoms. The highest BCUT2D eigenvalue weighted by Gasteiger charge is 2.25. The number of para-hydroxylation sites is 2. The molecule has 1 aromatic rings. The molecule has 2 amide bonds. The Bertz CT molecular complexity index is 703. The van der Waals surface area contributed by atoms with E-state index in [1.54, 1.807) is 4.90 Å². The largest absolute Gasteiger partial charge is 0.490 e. The number of carbonyl (C=O) groups excluding carboxylic acids is 2. The summed E-state index contributed by atoms with van der Waals surface area (Å²) in [6.45, 7) is 7.07. The zero-order valence-electron chi connectivity index (χ0n) is 18.6. The van der Waals surface area contributed by atoms with Gasteiger partial charge in [0.2, 0.25) is 11.8 Å². The third-order valence-corrected chi connectivity index (χ3v) is 6.49. The molecule has 1 aliphatic heterocycles. The molecular weight excluding hydrogens is 378 g/mol. The van der Waals surface area contributed by atoms with Gasteiger partial charge in [0.1, 0.15) is 12.4 Å². The van der Waals surface area contributed by atoms with E-state index in [1.165, 1.54) is 32.1 Å². The molecule has 1 heterocycles. The summed E-state index contributed by atoms with van der Waals surface area (Å²) < 4.78 is 5.61. The van der Waals surface area contributed by atoms with Gasteiger partial charge in [0.25, 0.3) is 0 Å². The fraction of sp³-hybridized carbons (Fsp3) is 0.667. The highest BCUT2D eigenvalue weighted by atomic mass is 16.5. The van der Waals surface area contributed by atoms with E-state index in [0.717, 1.165) is 24.4 Å². The van der Waals surface area contributed by atoms with E-state index in [4.69, 9.17) is 4.74 Å². The van der Waals surface area contributed by atoms with E-state index in [2.05, 4.69) is 24.1 Å². The molecule has 1 unspecified atom stereocenters. The highest BCUT2D eigenvalue weighted by Crippen LogP contribution is 2.31. The van der Waals surface area contributed by atoms with Crippen molar-refractivity contribution in [3.8, 4) is 5.75 Å². The van der Waals surface area contributed by atoms with Gasteiger partial charge in [-0.3, -0.25) is 14.5 Å². The number of rotatable bonds is 9. The lowest BCUT2D eigenvalue weighted by Gasteiger charge is -2.38. The van der Waals surface area contributed by atoms with Crippen molar-refractivity contribution in [3.05, 3.63) is 24.3 Å². The first kappa shape index (κ1) is 22.6. The fourth-order valence-corrected chi connectivity index (χ4v) is 4.61. The van der Waals surface area contributed by atoms with E-state index in [-0.39, 0.29) is 24.7 Å². The first-order valence-electron chi connectivity index (χ1n) is 11.6. The maximum atomic E-state index is 12.7. The normalized spacial score (nSPS) is 17.9. The Labute approximate surface area is 180 Å². The summed E-state index contributed by atoms with van der Waals surface area (Å²) in [4.78, 5) is 29.3. The molecular formula is C24H37N3O3. The van der Waals surface area contributed by atoms with Crippen LogP contribution >= 0.6 is 0 Å². The molecule has 1 N–H and O–H groups in total. The number of nitrogens with one attached hydrogen (secondary N) is 1. The molecule has 0 spiro atoms. The van der Waals surface area contributed by atoms with Crippen LogP contribution < -0.4 is 15.0 Å². The molecule has 1 saturated carbocycles. The number of benzene rings is 1. The minimum atomic E-state index is -0.0439. The number of amides is 2. The van der Waals surface area contributed by atoms with Crippen molar-refractivity contribution in [1.82, 2.24) is 10.2 Å². The van der Waals surface area contributed by atoms with Gasteiger partial charge in [0, 0.05) is 38.0 Å². The van der Waals surface area contributed by atoms with E-state index >= 15 is 0 Å². The Morgan fingerprint density at radius 3 is 2.73 bits per heavy atom. The quantitative estimate of drug-likeness (QED) is 0.667. The van der Waals surface area contributed by atoms with Gasteiger partial charge in [0.05, 0.1) is 12.2 Å². The standard InChI is InChI=1S/C24H37N3O3/c1-3-19(2)26(20-9-5-4-6-10-20)16-15-25-23(28)13-14-24(29)27-17-18-30-22-12-8-7-11-21(22)27/h7-8,11-12,19-20H,3-6,9-10,13-18H2,1-2H3,(H,25,28). The Kier molecular flexibility index (Phi) is 8.55. The van der Waals surface area contributed by atoms with Gasteiger partial charge >= 0.3 is 0 Å². The summed E-state index contributed by atoms with van der Waals surface area (Å²) in [5.74, 6) is 0.663. The summed E-state index contributed by atoms with van der Waals surface area (Å²) in [7, 11) is 0. The van der Waals surface area contributed by atoms with Crippen LogP contribution in [0.2, 0.25) is 0 Å². The van der Waals surface area contributed by atoms with Crippen LogP contribution in [0.25, 0.3) is 0 Å². The number of hydrogen-bond donors (Lipinski definition) is 1. The van der Waals surface area contributed by atoms with Gasteiger partial charge in [-0.25, -0.2) is 0 Å². The van der Waals surface area contributed by atoms with Crippen LogP contribution in [0.4, 0.5) is 5.69 Å². The Hall–Kier alpha value is -2.08. The van der Waals surface area contributed by atoms with Crippen LogP contribution in [0.5, 0.6) is 5.75 Å². The number of carbonyl (C=O) groups is 2. The minimum absolute atomic E-state index is 0.0238. The summed E-state index contributed by atoms with van der Waals surface area (Å²) in [6.07, 6.45) is 8.10. The number of hydrogen-bond acceptors (Lipinski definition) is 4. The SMILES string of the molecule is CCC(C)N(CCNC(=O)CCC(=O)N1CCOc2ccccc21)C1CCCCC1. The number of anilines is 1. The molecule has 166 valence electrons. The van der Waals surface area contributed by atoms with Gasteiger partial charge in [-0.15, -0.1) is 0 Å². The predicted octanol–water partition coefficient (Wildman–Crippen LogP) is 3.74. The molecule has 0 bridgehead atoms. The van der Waals surface area contributed by atoms with Crippen molar-refractivity contribution in [2.75, 3.05) is 31.1 Å². The molecule has 1 aliphatic carbocycles. The third-order valence-electron chi connectivity index (χ3n) is 6.49. The van der Waals surface area contributed by atoms with Crippen molar-refractivity contribution in [1.29, 1.82) is 0 Å². The molecule has 1 atom stereocenters. The summed E-state index contributed by atoms with van der Waals surface area (Å²) in [5.41, 5.74) is 0.797. The first-order valence-corrected chi connectivity index (χ1v) is 11.6. The van der Waals surface area contributed by atoms with E-state index in [9.17, 15) is 9.59 Å². The molecule has 0 saturated heterocycles. The lowest BCUT2D eigenvalue weighted by Crippen LogP contribution is -2.46. The second kappa shape index (κ2) is 11.3. The molecule has 0 radical (unpaired) electrons. The molecule has 1 fully saturated rings. The van der Waals surface area contributed by atoms with Crippen LogP contribution in [0, 0.1) is 0 Å². The number of fused-ring (bicyclic) bond motifs is 1. The van der Waals surface area contributed by atoms with E-state index in [0.29, 0.717) is 31.8 Å². The average Bonchev–Trinajstić information content (AvgIpc) is 2.80. The molecule has 2 aliphatic rings. The second-order valence-electron chi connectivity index (χ2n) is 8.50. The first-order chi connectivity index (χ1) is 14.6. The molecule has 30 heavy (non-hydrogen) atoms. The second-order valence-corrected chi connectivity index (χ2v) is 8.50. The summed E-state index contributed by atoms with van der Waals surface area (Å²) in [6, 6.07) is 8.74. The third kappa shape index (κ3) is 5.97. The van der Waals surface area contributed by atoms with Gasteiger partial charge in [0.15, 0.2) is 0 Å². The monoisotopic (exact) mass is 415 g/mol. The van der Waals surface area contributed by atoms with Crippen LogP contribution in [-0.4, -0.2) is 55.0 Å². The number of nitrogens with zero attached hydrogens (tertiary/aromatic N) is 2. The fourth-order valence-electron chi connectivity index (χ4n) is 4.61. The van der Waals surface area contributed by atoms with E-state index < -0.39 is 0 Å². The lowest BCUT2D eigenvalue weighted by atomic mass is 9.93. The topological polar surface area (TPSA) is 61.9 Å². The molecule has 1 aromatic carbocycles. The van der Waals surface area contributed by atoms with Gasteiger partial charge in [-0.1, -0.05) is 38.3 Å². The van der Waals surface area contributed by atoms with Crippen molar-refractivity contribution in [2.24, 2.45) is 0 Å². The van der Waals surface area contributed by atoms with Crippen LogP contribution in [0.3, 0.4) is 0 Å². The van der Waals surface area contributed by atoms with Gasteiger partial charge in [-0.05, 0) is 38.3 Å². The summed E-state index contributed by atoms with van der Waals surface area (Å²) >= 11 is 0.